The summed E-state index contributed by atoms with van der Waals surface area (Å²) in [5, 5.41) is 2.99. The van der Waals surface area contributed by atoms with E-state index in [1.807, 2.05) is 62.6 Å². The molecule has 1 aromatic heterocycles. The van der Waals surface area contributed by atoms with Crippen LogP contribution >= 0.6 is 0 Å². The van der Waals surface area contributed by atoms with E-state index in [1.54, 1.807) is 0 Å². The molecule has 0 spiro atoms. The number of rotatable bonds is 4. The van der Waals surface area contributed by atoms with Crippen molar-refractivity contribution in [1.29, 1.82) is 0 Å². The van der Waals surface area contributed by atoms with Crippen molar-refractivity contribution in [3.63, 3.8) is 0 Å². The fourth-order valence-electron chi connectivity index (χ4n) is 3.69. The monoisotopic (exact) mass is 386 g/mol. The molecule has 1 saturated heterocycles. The third-order valence-electron chi connectivity index (χ3n) is 5.39. The van der Waals surface area contributed by atoms with E-state index in [1.165, 1.54) is 24.8 Å². The number of carbonyl (C=O) groups is 1. The molecule has 5 heteroatoms. The van der Waals surface area contributed by atoms with Crippen molar-refractivity contribution >= 4 is 17.5 Å². The smallest absolute Gasteiger partial charge is 0.255 e. The van der Waals surface area contributed by atoms with Crippen LogP contribution in [0.2, 0.25) is 0 Å². The van der Waals surface area contributed by atoms with Gasteiger partial charge in [-0.15, -0.1) is 0 Å². The summed E-state index contributed by atoms with van der Waals surface area (Å²) in [6.45, 7) is 6.10. The molecule has 148 valence electrons. The number of nitrogens with zero attached hydrogens (tertiary/aromatic N) is 3. The number of carbonyl (C=O) groups excluding carboxylic acids is 1. The third-order valence-corrected chi connectivity index (χ3v) is 5.39. The lowest BCUT2D eigenvalue weighted by Gasteiger charge is -2.26. The molecule has 1 amide bonds. The van der Waals surface area contributed by atoms with Crippen molar-refractivity contribution in [1.82, 2.24) is 9.97 Å². The lowest BCUT2D eigenvalue weighted by molar-refractivity contribution is 0.102. The van der Waals surface area contributed by atoms with Gasteiger partial charge in [0, 0.05) is 42.3 Å². The quantitative estimate of drug-likeness (QED) is 0.685. The summed E-state index contributed by atoms with van der Waals surface area (Å²) >= 11 is 0. The first-order valence-electron chi connectivity index (χ1n) is 10.2. The van der Waals surface area contributed by atoms with Gasteiger partial charge in [-0.2, -0.15) is 0 Å². The highest BCUT2D eigenvalue weighted by atomic mass is 16.1. The molecule has 4 rings (SSSR count). The van der Waals surface area contributed by atoms with Gasteiger partial charge in [-0.3, -0.25) is 4.79 Å². The molecule has 0 unspecified atom stereocenters. The molecular weight excluding hydrogens is 360 g/mol. The fraction of sp³-hybridized carbons (Fsp3) is 0.292. The molecule has 2 aromatic carbocycles. The second-order valence-corrected chi connectivity index (χ2v) is 7.67. The molecule has 5 nitrogen and oxygen atoms in total. The van der Waals surface area contributed by atoms with Gasteiger partial charge in [0.25, 0.3) is 5.91 Å². The largest absolute Gasteiger partial charge is 0.341 e. The fourth-order valence-corrected chi connectivity index (χ4v) is 3.69. The Hall–Kier alpha value is -3.21. The van der Waals surface area contributed by atoms with Crippen LogP contribution in [0.3, 0.4) is 0 Å². The second-order valence-electron chi connectivity index (χ2n) is 7.67. The normalized spacial score (nSPS) is 13.9. The lowest BCUT2D eigenvalue weighted by Crippen LogP contribution is -2.30. The zero-order chi connectivity index (χ0) is 20.2. The van der Waals surface area contributed by atoms with E-state index in [0.29, 0.717) is 5.56 Å². The number of hydrogen-bond donors (Lipinski definition) is 1. The maximum atomic E-state index is 12.6. The Kier molecular flexibility index (Phi) is 5.56. The van der Waals surface area contributed by atoms with Crippen molar-refractivity contribution in [3.8, 4) is 11.1 Å². The molecule has 29 heavy (non-hydrogen) atoms. The average molecular weight is 386 g/mol. The second kappa shape index (κ2) is 8.43. The molecule has 3 aromatic rings. The summed E-state index contributed by atoms with van der Waals surface area (Å²) in [6, 6.07) is 13.6. The highest BCUT2D eigenvalue weighted by Gasteiger charge is 2.13. The summed E-state index contributed by atoms with van der Waals surface area (Å²) < 4.78 is 0. The van der Waals surface area contributed by atoms with Crippen molar-refractivity contribution in [2.24, 2.45) is 0 Å². The summed E-state index contributed by atoms with van der Waals surface area (Å²) in [7, 11) is 0. The minimum Gasteiger partial charge on any atom is -0.341 e. The predicted molar refractivity (Wildman–Crippen MR) is 117 cm³/mol. The Morgan fingerprint density at radius 2 is 1.59 bits per heavy atom. The first kappa shape index (κ1) is 19.1. The summed E-state index contributed by atoms with van der Waals surface area (Å²) in [5.41, 5.74) is 5.65. The van der Waals surface area contributed by atoms with E-state index < -0.39 is 0 Å². The number of piperidine rings is 1. The summed E-state index contributed by atoms with van der Waals surface area (Å²) in [4.78, 5) is 23.9. The number of aromatic nitrogens is 2. The van der Waals surface area contributed by atoms with Crippen LogP contribution in [0.4, 0.5) is 11.6 Å². The van der Waals surface area contributed by atoms with Gasteiger partial charge in [-0.25, -0.2) is 9.97 Å². The zero-order valence-electron chi connectivity index (χ0n) is 17.0. The van der Waals surface area contributed by atoms with E-state index in [0.717, 1.165) is 41.4 Å². The van der Waals surface area contributed by atoms with Gasteiger partial charge < -0.3 is 10.2 Å². The molecule has 0 radical (unpaired) electrons. The lowest BCUT2D eigenvalue weighted by atomic mass is 10.1. The first-order chi connectivity index (χ1) is 14.1. The summed E-state index contributed by atoms with van der Waals surface area (Å²) in [6.07, 6.45) is 7.43. The molecule has 1 aliphatic heterocycles. The third kappa shape index (κ3) is 4.45. The van der Waals surface area contributed by atoms with Crippen molar-refractivity contribution < 1.29 is 4.79 Å². The molecule has 1 N–H and O–H groups in total. The Bertz CT molecular complexity index is 990. The zero-order valence-corrected chi connectivity index (χ0v) is 17.0. The SMILES string of the molecule is Cc1ccc(NC(=O)c2ccc(-c3cnc(N4CCCCC4)nc3)cc2)c(C)c1. The van der Waals surface area contributed by atoms with Crippen LogP contribution in [0.5, 0.6) is 0 Å². The van der Waals surface area contributed by atoms with Gasteiger partial charge in [0.15, 0.2) is 0 Å². The highest BCUT2D eigenvalue weighted by molar-refractivity contribution is 6.04. The van der Waals surface area contributed by atoms with E-state index in [2.05, 4.69) is 26.3 Å². The minimum atomic E-state index is -0.111. The first-order valence-corrected chi connectivity index (χ1v) is 10.2. The van der Waals surface area contributed by atoms with Gasteiger partial charge in [0.1, 0.15) is 0 Å². The van der Waals surface area contributed by atoms with Crippen molar-refractivity contribution in [2.75, 3.05) is 23.3 Å². The van der Waals surface area contributed by atoms with Gasteiger partial charge in [-0.05, 0) is 62.4 Å². The van der Waals surface area contributed by atoms with E-state index in [-0.39, 0.29) is 5.91 Å². The molecule has 1 aliphatic rings. The Labute approximate surface area is 171 Å². The number of hydrogen-bond acceptors (Lipinski definition) is 4. The number of aryl methyl sites for hydroxylation is 2. The predicted octanol–water partition coefficient (Wildman–Crippen LogP) is 5.00. The van der Waals surface area contributed by atoms with Gasteiger partial charge in [0.2, 0.25) is 5.95 Å². The van der Waals surface area contributed by atoms with Gasteiger partial charge in [0.05, 0.1) is 0 Å². The number of amides is 1. The van der Waals surface area contributed by atoms with Crippen LogP contribution < -0.4 is 10.2 Å². The number of anilines is 2. The standard InChI is InChI=1S/C24H26N4O/c1-17-6-11-22(18(2)14-17)27-23(29)20-9-7-19(8-10-20)21-15-25-24(26-16-21)28-12-4-3-5-13-28/h6-11,14-16H,3-5,12-13H2,1-2H3,(H,27,29). The molecule has 1 fully saturated rings. The van der Waals surface area contributed by atoms with Gasteiger partial charge in [-0.1, -0.05) is 29.8 Å². The van der Waals surface area contributed by atoms with Crippen molar-refractivity contribution in [3.05, 3.63) is 71.5 Å². The van der Waals surface area contributed by atoms with E-state index >= 15 is 0 Å². The van der Waals surface area contributed by atoms with Crippen LogP contribution in [0.25, 0.3) is 11.1 Å². The Balaban J connectivity index is 1.45. The highest BCUT2D eigenvalue weighted by Crippen LogP contribution is 2.22. The maximum Gasteiger partial charge on any atom is 0.255 e. The van der Waals surface area contributed by atoms with Crippen LogP contribution in [0.15, 0.2) is 54.9 Å². The molecule has 0 saturated carbocycles. The molecule has 0 bridgehead atoms. The maximum absolute atomic E-state index is 12.6. The molecular formula is C24H26N4O. The molecule has 0 aliphatic carbocycles. The number of benzene rings is 2. The van der Waals surface area contributed by atoms with Crippen LogP contribution in [0.1, 0.15) is 40.7 Å². The van der Waals surface area contributed by atoms with Crippen LogP contribution in [0, 0.1) is 13.8 Å². The van der Waals surface area contributed by atoms with Crippen LogP contribution in [-0.2, 0) is 0 Å². The molecule has 2 heterocycles. The Morgan fingerprint density at radius 1 is 0.897 bits per heavy atom. The topological polar surface area (TPSA) is 58.1 Å². The minimum absolute atomic E-state index is 0.111. The van der Waals surface area contributed by atoms with Crippen molar-refractivity contribution in [2.45, 2.75) is 33.1 Å². The van der Waals surface area contributed by atoms with E-state index in [9.17, 15) is 4.79 Å². The number of nitrogens with one attached hydrogen (secondary N) is 1. The van der Waals surface area contributed by atoms with Crippen LogP contribution in [-0.4, -0.2) is 29.0 Å². The Morgan fingerprint density at radius 3 is 2.24 bits per heavy atom. The summed E-state index contributed by atoms with van der Waals surface area (Å²) in [5.74, 6) is 0.693. The molecule has 0 atom stereocenters. The van der Waals surface area contributed by atoms with E-state index in [4.69, 9.17) is 0 Å². The average Bonchev–Trinajstić information content (AvgIpc) is 2.76. The van der Waals surface area contributed by atoms with Gasteiger partial charge >= 0.3 is 0 Å².